The van der Waals surface area contributed by atoms with Gasteiger partial charge in [-0.25, -0.2) is 9.59 Å². The van der Waals surface area contributed by atoms with Crippen LogP contribution in [0.15, 0.2) is 30.3 Å². The van der Waals surface area contributed by atoms with E-state index in [0.717, 1.165) is 12.8 Å². The fraction of sp³-hybridized carbons (Fsp3) is 0.467. The van der Waals surface area contributed by atoms with Gasteiger partial charge in [0.15, 0.2) is 0 Å². The average molecular weight is 276 g/mol. The highest BCUT2D eigenvalue weighted by molar-refractivity contribution is 5.83. The highest BCUT2D eigenvalue weighted by Gasteiger charge is 2.35. The minimum absolute atomic E-state index is 0.189. The van der Waals surface area contributed by atoms with E-state index in [0.29, 0.717) is 19.5 Å². The van der Waals surface area contributed by atoms with Crippen LogP contribution in [0.3, 0.4) is 0 Å². The van der Waals surface area contributed by atoms with Gasteiger partial charge in [0.2, 0.25) is 0 Å². The summed E-state index contributed by atoms with van der Waals surface area (Å²) in [6, 6.07) is 9.09. The first kappa shape index (κ1) is 14.4. The fourth-order valence-electron chi connectivity index (χ4n) is 2.51. The summed E-state index contributed by atoms with van der Waals surface area (Å²) in [6.45, 7) is 1.12. The molecule has 0 bridgehead atoms. The Labute approximate surface area is 118 Å². The van der Waals surface area contributed by atoms with Crippen molar-refractivity contribution in [2.75, 3.05) is 20.1 Å². The average Bonchev–Trinajstić information content (AvgIpc) is 2.94. The molecular weight excluding hydrogens is 256 g/mol. The first-order valence-electron chi connectivity index (χ1n) is 6.88. The zero-order valence-electron chi connectivity index (χ0n) is 11.7. The van der Waals surface area contributed by atoms with E-state index in [1.807, 2.05) is 30.3 Å². The van der Waals surface area contributed by atoms with Crippen LogP contribution in [0.2, 0.25) is 0 Å². The van der Waals surface area contributed by atoms with Crippen LogP contribution in [0.4, 0.5) is 4.79 Å². The number of hydrogen-bond acceptors (Lipinski definition) is 2. The molecule has 0 aromatic heterocycles. The lowest BCUT2D eigenvalue weighted by Gasteiger charge is -2.27. The van der Waals surface area contributed by atoms with E-state index in [9.17, 15) is 9.59 Å². The van der Waals surface area contributed by atoms with Crippen molar-refractivity contribution in [2.24, 2.45) is 0 Å². The number of aliphatic carboxylic acids is 1. The molecular formula is C15H20N2O3. The van der Waals surface area contributed by atoms with Crippen molar-refractivity contribution in [3.63, 3.8) is 0 Å². The molecule has 5 nitrogen and oxygen atoms in total. The van der Waals surface area contributed by atoms with Gasteiger partial charge in [-0.1, -0.05) is 30.3 Å². The van der Waals surface area contributed by atoms with E-state index in [1.165, 1.54) is 10.5 Å². The monoisotopic (exact) mass is 276 g/mol. The van der Waals surface area contributed by atoms with Crippen molar-refractivity contribution < 1.29 is 14.7 Å². The number of hydrogen-bond donors (Lipinski definition) is 1. The van der Waals surface area contributed by atoms with E-state index in [-0.39, 0.29) is 6.03 Å². The third kappa shape index (κ3) is 3.29. The molecule has 1 aliphatic heterocycles. The summed E-state index contributed by atoms with van der Waals surface area (Å²) >= 11 is 0. The number of carbonyl (C=O) groups excluding carboxylic acids is 1. The Hall–Kier alpha value is -2.04. The third-order valence-corrected chi connectivity index (χ3v) is 3.69. The van der Waals surface area contributed by atoms with Crippen LogP contribution >= 0.6 is 0 Å². The highest BCUT2D eigenvalue weighted by atomic mass is 16.4. The second-order valence-corrected chi connectivity index (χ2v) is 5.13. The van der Waals surface area contributed by atoms with E-state index >= 15 is 0 Å². The Morgan fingerprint density at radius 1 is 1.35 bits per heavy atom. The van der Waals surface area contributed by atoms with Gasteiger partial charge in [0.25, 0.3) is 0 Å². The predicted molar refractivity (Wildman–Crippen MR) is 75.5 cm³/mol. The fourth-order valence-corrected chi connectivity index (χ4v) is 2.51. The zero-order valence-corrected chi connectivity index (χ0v) is 11.7. The van der Waals surface area contributed by atoms with Gasteiger partial charge in [0, 0.05) is 20.1 Å². The highest BCUT2D eigenvalue weighted by Crippen LogP contribution is 2.19. The molecule has 0 spiro atoms. The SMILES string of the molecule is CN(CCc1ccccc1)C(=O)N1CCCC1C(=O)O. The molecule has 0 saturated carbocycles. The Morgan fingerprint density at radius 2 is 2.05 bits per heavy atom. The maximum Gasteiger partial charge on any atom is 0.326 e. The molecule has 1 N–H and O–H groups in total. The van der Waals surface area contributed by atoms with Crippen molar-refractivity contribution in [2.45, 2.75) is 25.3 Å². The molecule has 1 aromatic rings. The molecule has 108 valence electrons. The normalized spacial score (nSPS) is 18.1. The van der Waals surface area contributed by atoms with Crippen molar-refractivity contribution in [1.82, 2.24) is 9.80 Å². The number of carbonyl (C=O) groups is 2. The van der Waals surface area contributed by atoms with E-state index in [1.54, 1.807) is 11.9 Å². The number of amides is 2. The maximum atomic E-state index is 12.3. The van der Waals surface area contributed by atoms with Crippen molar-refractivity contribution in [3.05, 3.63) is 35.9 Å². The molecule has 1 unspecified atom stereocenters. The Kier molecular flexibility index (Phi) is 4.61. The van der Waals surface area contributed by atoms with Crippen LogP contribution < -0.4 is 0 Å². The second-order valence-electron chi connectivity index (χ2n) is 5.13. The first-order valence-corrected chi connectivity index (χ1v) is 6.88. The summed E-state index contributed by atoms with van der Waals surface area (Å²) in [6.07, 6.45) is 2.08. The Balaban J connectivity index is 1.90. The number of rotatable bonds is 4. The van der Waals surface area contributed by atoms with Gasteiger partial charge in [-0.15, -0.1) is 0 Å². The molecule has 1 aromatic carbocycles. The van der Waals surface area contributed by atoms with Crippen LogP contribution in [-0.4, -0.2) is 53.1 Å². The second kappa shape index (κ2) is 6.41. The lowest BCUT2D eigenvalue weighted by molar-refractivity contribution is -0.141. The molecule has 20 heavy (non-hydrogen) atoms. The number of likely N-dealkylation sites (N-methyl/N-ethyl adjacent to an activating group) is 1. The lowest BCUT2D eigenvalue weighted by Crippen LogP contribution is -2.47. The zero-order chi connectivity index (χ0) is 14.5. The van der Waals surface area contributed by atoms with Crippen LogP contribution in [0, 0.1) is 0 Å². The van der Waals surface area contributed by atoms with Crippen LogP contribution in [-0.2, 0) is 11.2 Å². The van der Waals surface area contributed by atoms with Gasteiger partial charge in [-0.3, -0.25) is 0 Å². The molecule has 1 aliphatic rings. The standard InChI is InChI=1S/C15H20N2O3/c1-16(11-9-12-6-3-2-4-7-12)15(20)17-10-5-8-13(17)14(18)19/h2-4,6-7,13H,5,8-11H2,1H3,(H,18,19). The van der Waals surface area contributed by atoms with Gasteiger partial charge in [0.05, 0.1) is 0 Å². The van der Waals surface area contributed by atoms with Gasteiger partial charge in [0.1, 0.15) is 6.04 Å². The molecule has 0 radical (unpaired) electrons. The minimum Gasteiger partial charge on any atom is -0.480 e. The van der Waals surface area contributed by atoms with Gasteiger partial charge >= 0.3 is 12.0 Å². The predicted octanol–water partition coefficient (Wildman–Crippen LogP) is 1.83. The number of carboxylic acids is 1. The summed E-state index contributed by atoms with van der Waals surface area (Å²) in [7, 11) is 1.72. The minimum atomic E-state index is -0.910. The van der Waals surface area contributed by atoms with Gasteiger partial charge in [-0.05, 0) is 24.8 Å². The molecule has 1 heterocycles. The maximum absolute atomic E-state index is 12.3. The van der Waals surface area contributed by atoms with Crippen molar-refractivity contribution in [1.29, 1.82) is 0 Å². The third-order valence-electron chi connectivity index (χ3n) is 3.69. The van der Waals surface area contributed by atoms with Crippen molar-refractivity contribution in [3.8, 4) is 0 Å². The molecule has 1 saturated heterocycles. The molecule has 5 heteroatoms. The van der Waals surface area contributed by atoms with Gasteiger partial charge in [-0.2, -0.15) is 0 Å². The van der Waals surface area contributed by atoms with Crippen LogP contribution in [0.25, 0.3) is 0 Å². The molecule has 2 amide bonds. The topological polar surface area (TPSA) is 60.9 Å². The largest absolute Gasteiger partial charge is 0.480 e. The number of urea groups is 1. The summed E-state index contributed by atoms with van der Waals surface area (Å²) < 4.78 is 0. The number of benzene rings is 1. The van der Waals surface area contributed by atoms with Crippen LogP contribution in [0.1, 0.15) is 18.4 Å². The number of likely N-dealkylation sites (tertiary alicyclic amines) is 1. The van der Waals surface area contributed by atoms with E-state index < -0.39 is 12.0 Å². The summed E-state index contributed by atoms with van der Waals surface area (Å²) in [4.78, 5) is 26.4. The molecule has 0 aliphatic carbocycles. The Morgan fingerprint density at radius 3 is 2.70 bits per heavy atom. The summed E-state index contributed by atoms with van der Waals surface area (Å²) in [5.41, 5.74) is 1.17. The number of carboxylic acid groups (broad SMARTS) is 1. The van der Waals surface area contributed by atoms with E-state index in [4.69, 9.17) is 5.11 Å². The number of nitrogens with zero attached hydrogens (tertiary/aromatic N) is 2. The van der Waals surface area contributed by atoms with Gasteiger partial charge < -0.3 is 14.9 Å². The Bertz CT molecular complexity index is 475. The first-order chi connectivity index (χ1) is 9.59. The lowest BCUT2D eigenvalue weighted by atomic mass is 10.1. The molecule has 1 atom stereocenters. The summed E-state index contributed by atoms with van der Waals surface area (Å²) in [5.74, 6) is -0.910. The van der Waals surface area contributed by atoms with Crippen molar-refractivity contribution >= 4 is 12.0 Å². The smallest absolute Gasteiger partial charge is 0.326 e. The molecule has 1 fully saturated rings. The van der Waals surface area contributed by atoms with E-state index in [2.05, 4.69) is 0 Å². The quantitative estimate of drug-likeness (QED) is 0.912. The summed E-state index contributed by atoms with van der Waals surface area (Å²) in [5, 5.41) is 9.11. The molecule has 2 rings (SSSR count). The van der Waals surface area contributed by atoms with Crippen LogP contribution in [0.5, 0.6) is 0 Å².